The van der Waals surface area contributed by atoms with E-state index in [0.29, 0.717) is 18.6 Å². The van der Waals surface area contributed by atoms with Crippen LogP contribution in [-0.2, 0) is 4.79 Å². The first-order valence-corrected chi connectivity index (χ1v) is 6.95. The first-order chi connectivity index (χ1) is 8.21. The average Bonchev–Trinajstić information content (AvgIpc) is 2.23. The van der Waals surface area contributed by atoms with Gasteiger partial charge in [-0.15, -0.1) is 0 Å². The Morgan fingerprint density at radius 2 is 2.00 bits per heavy atom. The van der Waals surface area contributed by atoms with Crippen molar-refractivity contribution in [1.82, 2.24) is 15.5 Å². The molecule has 4 nitrogen and oxygen atoms in total. The van der Waals surface area contributed by atoms with Crippen LogP contribution in [0.15, 0.2) is 0 Å². The first-order valence-electron chi connectivity index (χ1n) is 6.95. The van der Waals surface area contributed by atoms with Crippen molar-refractivity contribution >= 4 is 5.91 Å². The molecule has 0 aromatic heterocycles. The number of carbonyl (C=O) groups excluding carboxylic acids is 1. The summed E-state index contributed by atoms with van der Waals surface area (Å²) in [4.78, 5) is 14.2. The van der Waals surface area contributed by atoms with E-state index in [0.717, 1.165) is 38.9 Å². The van der Waals surface area contributed by atoms with E-state index in [4.69, 9.17) is 0 Å². The van der Waals surface area contributed by atoms with Crippen LogP contribution in [0, 0.1) is 0 Å². The summed E-state index contributed by atoms with van der Waals surface area (Å²) in [7, 11) is 0. The maximum Gasteiger partial charge on any atom is 0.234 e. The van der Waals surface area contributed by atoms with Gasteiger partial charge in [0.15, 0.2) is 0 Å². The van der Waals surface area contributed by atoms with Crippen molar-refractivity contribution < 1.29 is 4.79 Å². The Kier molecular flexibility index (Phi) is 6.52. The number of hydrogen-bond acceptors (Lipinski definition) is 3. The molecule has 0 aliphatic carbocycles. The van der Waals surface area contributed by atoms with Gasteiger partial charge in [-0.05, 0) is 25.8 Å². The second kappa shape index (κ2) is 7.67. The molecule has 100 valence electrons. The highest BCUT2D eigenvalue weighted by Crippen LogP contribution is 2.06. The summed E-state index contributed by atoms with van der Waals surface area (Å²) in [6, 6.07) is 0.896. The fraction of sp³-hybridized carbons (Fsp3) is 0.923. The Morgan fingerprint density at radius 3 is 2.41 bits per heavy atom. The molecule has 1 rings (SSSR count). The van der Waals surface area contributed by atoms with Gasteiger partial charge < -0.3 is 10.6 Å². The predicted molar refractivity (Wildman–Crippen MR) is 71.0 cm³/mol. The quantitative estimate of drug-likeness (QED) is 0.666. The van der Waals surface area contributed by atoms with Crippen LogP contribution in [0.1, 0.15) is 40.0 Å². The van der Waals surface area contributed by atoms with Crippen LogP contribution >= 0.6 is 0 Å². The van der Waals surface area contributed by atoms with E-state index >= 15 is 0 Å². The molecule has 0 aromatic rings. The molecule has 1 fully saturated rings. The lowest BCUT2D eigenvalue weighted by Crippen LogP contribution is -2.59. The van der Waals surface area contributed by atoms with Crippen molar-refractivity contribution in [2.24, 2.45) is 0 Å². The summed E-state index contributed by atoms with van der Waals surface area (Å²) in [6.45, 7) is 10.0. The molecule has 1 amide bonds. The normalized spacial score (nSPS) is 16.3. The second-order valence-corrected chi connectivity index (χ2v) is 4.86. The molecule has 2 N–H and O–H groups in total. The molecule has 0 atom stereocenters. The zero-order chi connectivity index (χ0) is 12.7. The average molecular weight is 241 g/mol. The van der Waals surface area contributed by atoms with Gasteiger partial charge in [-0.2, -0.15) is 0 Å². The van der Waals surface area contributed by atoms with Crippen molar-refractivity contribution in [3.8, 4) is 0 Å². The number of rotatable bonds is 8. The monoisotopic (exact) mass is 241 g/mol. The number of nitrogens with one attached hydrogen (secondary N) is 2. The summed E-state index contributed by atoms with van der Waals surface area (Å²) in [5.74, 6) is 0.180. The molecule has 4 heteroatoms. The van der Waals surface area contributed by atoms with Crippen molar-refractivity contribution in [2.45, 2.75) is 52.1 Å². The van der Waals surface area contributed by atoms with Crippen LogP contribution in [-0.4, -0.2) is 49.1 Å². The Labute approximate surface area is 105 Å². The molecule has 0 aromatic carbocycles. The van der Waals surface area contributed by atoms with E-state index < -0.39 is 0 Å². The minimum absolute atomic E-state index is 0.180. The minimum Gasteiger partial charge on any atom is -0.352 e. The molecule has 1 heterocycles. The highest BCUT2D eigenvalue weighted by molar-refractivity contribution is 5.78. The van der Waals surface area contributed by atoms with Crippen molar-refractivity contribution in [1.29, 1.82) is 0 Å². The topological polar surface area (TPSA) is 44.4 Å². The Morgan fingerprint density at radius 1 is 1.35 bits per heavy atom. The van der Waals surface area contributed by atoms with Crippen LogP contribution < -0.4 is 10.6 Å². The van der Waals surface area contributed by atoms with Gasteiger partial charge in [0.25, 0.3) is 0 Å². The fourth-order valence-corrected chi connectivity index (χ4v) is 2.16. The van der Waals surface area contributed by atoms with Gasteiger partial charge in [0.2, 0.25) is 5.91 Å². The molecule has 0 bridgehead atoms. The van der Waals surface area contributed by atoms with E-state index in [2.05, 4.69) is 36.3 Å². The van der Waals surface area contributed by atoms with Gasteiger partial charge >= 0.3 is 0 Å². The highest BCUT2D eigenvalue weighted by Gasteiger charge is 2.25. The molecule has 1 aliphatic rings. The smallest absolute Gasteiger partial charge is 0.234 e. The van der Waals surface area contributed by atoms with Gasteiger partial charge in [-0.25, -0.2) is 0 Å². The molecule has 17 heavy (non-hydrogen) atoms. The molecule has 0 spiro atoms. The van der Waals surface area contributed by atoms with Crippen molar-refractivity contribution in [2.75, 3.05) is 26.2 Å². The molecule has 1 saturated heterocycles. The molecule has 1 aliphatic heterocycles. The molecular weight excluding hydrogens is 214 g/mol. The van der Waals surface area contributed by atoms with E-state index in [9.17, 15) is 4.79 Å². The van der Waals surface area contributed by atoms with Crippen LogP contribution in [0.4, 0.5) is 0 Å². The third-order valence-corrected chi connectivity index (χ3v) is 3.48. The SMILES string of the molecule is CCCN(CC(=O)NC(CC)CC)C1CNC1. The van der Waals surface area contributed by atoms with Crippen LogP contribution in [0.2, 0.25) is 0 Å². The summed E-state index contributed by atoms with van der Waals surface area (Å²) >= 11 is 0. The van der Waals surface area contributed by atoms with Crippen LogP contribution in [0.3, 0.4) is 0 Å². The van der Waals surface area contributed by atoms with Crippen LogP contribution in [0.5, 0.6) is 0 Å². The Hall–Kier alpha value is -0.610. The van der Waals surface area contributed by atoms with Gasteiger partial charge in [-0.3, -0.25) is 9.69 Å². The van der Waals surface area contributed by atoms with Gasteiger partial charge in [0.1, 0.15) is 0 Å². The second-order valence-electron chi connectivity index (χ2n) is 4.86. The molecule has 0 unspecified atom stereocenters. The third kappa shape index (κ3) is 4.64. The summed E-state index contributed by atoms with van der Waals surface area (Å²) in [5, 5.41) is 6.37. The van der Waals surface area contributed by atoms with Gasteiger partial charge in [0, 0.05) is 25.2 Å². The van der Waals surface area contributed by atoms with Crippen LogP contribution in [0.25, 0.3) is 0 Å². The summed E-state index contributed by atoms with van der Waals surface area (Å²) in [5.41, 5.74) is 0. The minimum atomic E-state index is 0.180. The van der Waals surface area contributed by atoms with Gasteiger partial charge in [-0.1, -0.05) is 20.8 Å². The zero-order valence-corrected chi connectivity index (χ0v) is 11.5. The summed E-state index contributed by atoms with van der Waals surface area (Å²) in [6.07, 6.45) is 3.14. The lowest BCUT2D eigenvalue weighted by Gasteiger charge is -2.37. The van der Waals surface area contributed by atoms with E-state index in [1.165, 1.54) is 0 Å². The molecule has 0 saturated carbocycles. The molecule has 0 radical (unpaired) electrons. The fourth-order valence-electron chi connectivity index (χ4n) is 2.16. The van der Waals surface area contributed by atoms with E-state index in [1.54, 1.807) is 0 Å². The first kappa shape index (κ1) is 14.5. The lowest BCUT2D eigenvalue weighted by atomic mass is 10.1. The predicted octanol–water partition coefficient (Wildman–Crippen LogP) is 0.975. The Balaban J connectivity index is 2.34. The van der Waals surface area contributed by atoms with Crippen molar-refractivity contribution in [3.63, 3.8) is 0 Å². The highest BCUT2D eigenvalue weighted by atomic mass is 16.2. The number of amides is 1. The maximum atomic E-state index is 11.9. The van der Waals surface area contributed by atoms with E-state index in [1.807, 2.05) is 0 Å². The zero-order valence-electron chi connectivity index (χ0n) is 11.5. The maximum absolute atomic E-state index is 11.9. The lowest BCUT2D eigenvalue weighted by molar-refractivity contribution is -0.123. The van der Waals surface area contributed by atoms with Gasteiger partial charge in [0.05, 0.1) is 6.54 Å². The molecular formula is C13H27N3O. The largest absolute Gasteiger partial charge is 0.352 e. The standard InChI is InChI=1S/C13H27N3O/c1-4-7-16(12-8-14-9-12)10-13(17)15-11(5-2)6-3/h11-12,14H,4-10H2,1-3H3,(H,15,17). The van der Waals surface area contributed by atoms with E-state index in [-0.39, 0.29) is 5.91 Å². The summed E-state index contributed by atoms with van der Waals surface area (Å²) < 4.78 is 0. The number of nitrogens with zero attached hydrogens (tertiary/aromatic N) is 1. The number of hydrogen-bond donors (Lipinski definition) is 2. The Bertz CT molecular complexity index is 225. The van der Waals surface area contributed by atoms with Crippen molar-refractivity contribution in [3.05, 3.63) is 0 Å². The third-order valence-electron chi connectivity index (χ3n) is 3.48. The number of carbonyl (C=O) groups is 1.